The first-order valence-electron chi connectivity index (χ1n) is 4.78. The van der Waals surface area contributed by atoms with Gasteiger partial charge in [0.05, 0.1) is 11.4 Å². The van der Waals surface area contributed by atoms with Gasteiger partial charge in [0.1, 0.15) is 0 Å². The second kappa shape index (κ2) is 3.80. The number of hydrogen-bond acceptors (Lipinski definition) is 5. The lowest BCUT2D eigenvalue weighted by Crippen LogP contribution is -1.98. The Labute approximate surface area is 90.9 Å². The highest BCUT2D eigenvalue weighted by molar-refractivity contribution is 5.86. The summed E-state index contributed by atoms with van der Waals surface area (Å²) in [6, 6.07) is 1.64. The Morgan fingerprint density at radius 1 is 1.56 bits per heavy atom. The number of aromatic nitrogens is 2. The summed E-state index contributed by atoms with van der Waals surface area (Å²) in [5, 5.41) is 12.6. The van der Waals surface area contributed by atoms with E-state index in [0.29, 0.717) is 23.6 Å². The molecule has 2 aromatic rings. The lowest BCUT2D eigenvalue weighted by atomic mass is 10.3. The van der Waals surface area contributed by atoms with Crippen LogP contribution in [0.5, 0.6) is 0 Å². The van der Waals surface area contributed by atoms with E-state index in [9.17, 15) is 4.79 Å². The van der Waals surface area contributed by atoms with E-state index in [0.717, 1.165) is 0 Å². The molecule has 0 aliphatic heterocycles. The molecule has 6 nitrogen and oxygen atoms in total. The Bertz CT molecular complexity index is 527. The fourth-order valence-electron chi connectivity index (χ4n) is 1.33. The number of carbonyl (C=O) groups is 1. The van der Waals surface area contributed by atoms with Crippen LogP contribution >= 0.6 is 0 Å². The zero-order chi connectivity index (χ0) is 11.7. The summed E-state index contributed by atoms with van der Waals surface area (Å²) in [6.45, 7) is 3.56. The molecule has 0 aliphatic rings. The fraction of sp³-hybridized carbons (Fsp3) is 0.300. The van der Waals surface area contributed by atoms with Crippen LogP contribution in [-0.4, -0.2) is 21.2 Å². The summed E-state index contributed by atoms with van der Waals surface area (Å²) in [4.78, 5) is 14.9. The lowest BCUT2D eigenvalue weighted by Gasteiger charge is -1.87. The molecule has 84 valence electrons. The third-order valence-electron chi connectivity index (χ3n) is 2.07. The van der Waals surface area contributed by atoms with E-state index in [1.807, 2.05) is 0 Å². The minimum atomic E-state index is -1.13. The largest absolute Gasteiger partial charge is 0.475 e. The van der Waals surface area contributed by atoms with Gasteiger partial charge in [-0.25, -0.2) is 9.78 Å². The van der Waals surface area contributed by atoms with Crippen LogP contribution in [0.3, 0.4) is 0 Å². The molecule has 0 fully saturated rings. The zero-order valence-corrected chi connectivity index (χ0v) is 8.85. The van der Waals surface area contributed by atoms with Crippen molar-refractivity contribution < 1.29 is 18.8 Å². The van der Waals surface area contributed by atoms with Crippen molar-refractivity contribution in [1.29, 1.82) is 0 Å². The van der Waals surface area contributed by atoms with Crippen molar-refractivity contribution in [3.63, 3.8) is 0 Å². The second-order valence-electron chi connectivity index (χ2n) is 3.29. The van der Waals surface area contributed by atoms with E-state index in [4.69, 9.17) is 14.0 Å². The smallest absolute Gasteiger partial charge is 0.373 e. The Morgan fingerprint density at radius 3 is 2.75 bits per heavy atom. The molecule has 0 unspecified atom stereocenters. The first kappa shape index (κ1) is 10.4. The third-order valence-corrected chi connectivity index (χ3v) is 2.07. The van der Waals surface area contributed by atoms with Crippen molar-refractivity contribution in [1.82, 2.24) is 10.1 Å². The van der Waals surface area contributed by atoms with Gasteiger partial charge in [-0.2, -0.15) is 0 Å². The summed E-state index contributed by atoms with van der Waals surface area (Å²) in [5.41, 5.74) is 1.08. The van der Waals surface area contributed by atoms with E-state index in [2.05, 4.69) is 10.1 Å². The second-order valence-corrected chi connectivity index (χ2v) is 3.29. The Hall–Kier alpha value is -2.11. The van der Waals surface area contributed by atoms with Crippen molar-refractivity contribution >= 4 is 5.97 Å². The van der Waals surface area contributed by atoms with Crippen LogP contribution in [0.1, 0.15) is 28.9 Å². The molecule has 2 rings (SSSR count). The molecule has 0 saturated carbocycles. The maximum absolute atomic E-state index is 10.9. The number of rotatable bonds is 3. The molecular weight excluding hydrogens is 212 g/mol. The van der Waals surface area contributed by atoms with Gasteiger partial charge in [-0.1, -0.05) is 12.1 Å². The highest BCUT2D eigenvalue weighted by Crippen LogP contribution is 2.23. The number of nitrogens with zero attached hydrogens (tertiary/aromatic N) is 2. The SMILES string of the molecule is CCc1nc(-c2cc(C)no2)oc1C(=O)O. The van der Waals surface area contributed by atoms with Crippen LogP contribution in [0.2, 0.25) is 0 Å². The highest BCUT2D eigenvalue weighted by Gasteiger charge is 2.20. The van der Waals surface area contributed by atoms with Gasteiger partial charge in [0.2, 0.25) is 11.5 Å². The summed E-state index contributed by atoms with van der Waals surface area (Å²) in [6.07, 6.45) is 0.484. The Balaban J connectivity index is 2.47. The van der Waals surface area contributed by atoms with Gasteiger partial charge in [0.15, 0.2) is 0 Å². The predicted octanol–water partition coefficient (Wildman–Crippen LogP) is 1.90. The van der Waals surface area contributed by atoms with Crippen LogP contribution < -0.4 is 0 Å². The maximum atomic E-state index is 10.9. The summed E-state index contributed by atoms with van der Waals surface area (Å²) < 4.78 is 10.1. The molecule has 2 heterocycles. The number of carboxylic acids is 1. The van der Waals surface area contributed by atoms with Crippen molar-refractivity contribution in [3.05, 3.63) is 23.2 Å². The molecule has 0 atom stereocenters. The van der Waals surface area contributed by atoms with E-state index >= 15 is 0 Å². The van der Waals surface area contributed by atoms with Crippen molar-refractivity contribution in [2.45, 2.75) is 20.3 Å². The summed E-state index contributed by atoms with van der Waals surface area (Å²) >= 11 is 0. The first-order valence-corrected chi connectivity index (χ1v) is 4.78. The number of oxazole rings is 1. The summed E-state index contributed by atoms with van der Waals surface area (Å²) in [5.74, 6) is -0.798. The minimum Gasteiger partial charge on any atom is -0.475 e. The fourth-order valence-corrected chi connectivity index (χ4v) is 1.33. The van der Waals surface area contributed by atoms with Crippen LogP contribution in [0.15, 0.2) is 15.0 Å². The molecule has 0 aromatic carbocycles. The van der Waals surface area contributed by atoms with Crippen LogP contribution in [0.4, 0.5) is 0 Å². The number of aromatic carboxylic acids is 1. The molecule has 0 bridgehead atoms. The van der Waals surface area contributed by atoms with Gasteiger partial charge in [-0.05, 0) is 13.3 Å². The molecule has 0 aliphatic carbocycles. The van der Waals surface area contributed by atoms with Crippen LogP contribution in [-0.2, 0) is 6.42 Å². The molecule has 0 amide bonds. The number of carboxylic acid groups (broad SMARTS) is 1. The van der Waals surface area contributed by atoms with E-state index in [-0.39, 0.29) is 11.7 Å². The summed E-state index contributed by atoms with van der Waals surface area (Å²) in [7, 11) is 0. The molecule has 16 heavy (non-hydrogen) atoms. The number of aryl methyl sites for hydroxylation is 2. The quantitative estimate of drug-likeness (QED) is 0.852. The Morgan fingerprint density at radius 2 is 2.31 bits per heavy atom. The first-order chi connectivity index (χ1) is 7.61. The van der Waals surface area contributed by atoms with E-state index < -0.39 is 5.97 Å². The van der Waals surface area contributed by atoms with Crippen molar-refractivity contribution in [2.75, 3.05) is 0 Å². The third kappa shape index (κ3) is 1.69. The van der Waals surface area contributed by atoms with Crippen LogP contribution in [0, 0.1) is 6.92 Å². The monoisotopic (exact) mass is 222 g/mol. The predicted molar refractivity (Wildman–Crippen MR) is 53.1 cm³/mol. The molecule has 6 heteroatoms. The molecule has 0 spiro atoms. The zero-order valence-electron chi connectivity index (χ0n) is 8.85. The average Bonchev–Trinajstić information content (AvgIpc) is 2.82. The minimum absolute atomic E-state index is 0.147. The van der Waals surface area contributed by atoms with Crippen molar-refractivity contribution in [3.8, 4) is 11.7 Å². The molecule has 0 saturated heterocycles. The van der Waals surface area contributed by atoms with Crippen LogP contribution in [0.25, 0.3) is 11.7 Å². The Kier molecular flexibility index (Phi) is 2.47. The van der Waals surface area contributed by atoms with Gasteiger partial charge in [-0.15, -0.1) is 0 Å². The van der Waals surface area contributed by atoms with Gasteiger partial charge in [0, 0.05) is 6.07 Å². The normalized spacial score (nSPS) is 10.6. The molecular formula is C10H10N2O4. The maximum Gasteiger partial charge on any atom is 0.373 e. The standard InChI is InChI=1S/C10H10N2O4/c1-3-6-8(10(13)14)15-9(11-6)7-4-5(2)12-16-7/h4H,3H2,1-2H3,(H,13,14). The van der Waals surface area contributed by atoms with Gasteiger partial charge in [0.25, 0.3) is 5.89 Å². The molecule has 2 aromatic heterocycles. The van der Waals surface area contributed by atoms with Gasteiger partial charge in [-0.3, -0.25) is 0 Å². The van der Waals surface area contributed by atoms with Crippen molar-refractivity contribution in [2.24, 2.45) is 0 Å². The average molecular weight is 222 g/mol. The van der Waals surface area contributed by atoms with Gasteiger partial charge < -0.3 is 14.0 Å². The number of hydrogen-bond donors (Lipinski definition) is 1. The van der Waals surface area contributed by atoms with Gasteiger partial charge >= 0.3 is 5.97 Å². The van der Waals surface area contributed by atoms with E-state index in [1.54, 1.807) is 19.9 Å². The lowest BCUT2D eigenvalue weighted by molar-refractivity contribution is 0.0661. The highest BCUT2D eigenvalue weighted by atomic mass is 16.5. The molecule has 1 N–H and O–H groups in total. The molecule has 0 radical (unpaired) electrons. The topological polar surface area (TPSA) is 89.4 Å². The van der Waals surface area contributed by atoms with E-state index in [1.165, 1.54) is 0 Å².